The quantitative estimate of drug-likeness (QED) is 0.820. The van der Waals surface area contributed by atoms with Gasteiger partial charge >= 0.3 is 0 Å². The zero-order valence-electron chi connectivity index (χ0n) is 9.98. The number of nitrogen functional groups attached to an aromatic ring is 1. The molecule has 0 saturated carbocycles. The summed E-state index contributed by atoms with van der Waals surface area (Å²) in [5.41, 5.74) is 7.18. The van der Waals surface area contributed by atoms with E-state index >= 15 is 0 Å². The third-order valence-electron chi connectivity index (χ3n) is 2.34. The summed E-state index contributed by atoms with van der Waals surface area (Å²) in [5, 5.41) is 11.8. The molecule has 0 atom stereocenters. The number of aromatic nitrogens is 4. The molecule has 0 radical (unpaired) electrons. The van der Waals surface area contributed by atoms with Gasteiger partial charge in [-0.05, 0) is 44.6 Å². The van der Waals surface area contributed by atoms with Gasteiger partial charge in [0.1, 0.15) is 0 Å². The van der Waals surface area contributed by atoms with E-state index in [2.05, 4.69) is 52.2 Å². The van der Waals surface area contributed by atoms with Gasteiger partial charge in [-0.2, -0.15) is 4.68 Å². The molecular weight excluding hydrogens is 282 g/mol. The summed E-state index contributed by atoms with van der Waals surface area (Å²) in [7, 11) is 0. The van der Waals surface area contributed by atoms with Crippen molar-refractivity contribution in [1.29, 1.82) is 0 Å². The van der Waals surface area contributed by atoms with Crippen molar-refractivity contribution in [3.63, 3.8) is 0 Å². The summed E-state index contributed by atoms with van der Waals surface area (Å²) in [5.74, 6) is 0.795. The number of tetrazole rings is 1. The molecule has 0 amide bonds. The van der Waals surface area contributed by atoms with Crippen LogP contribution < -0.4 is 5.73 Å². The highest BCUT2D eigenvalue weighted by Crippen LogP contribution is 2.27. The van der Waals surface area contributed by atoms with Crippen molar-refractivity contribution in [2.75, 3.05) is 5.73 Å². The topological polar surface area (TPSA) is 69.6 Å². The summed E-state index contributed by atoms with van der Waals surface area (Å²) in [6.07, 6.45) is 0. The third kappa shape index (κ3) is 2.31. The average Bonchev–Trinajstić information content (AvgIpc) is 2.69. The molecule has 2 aromatic rings. The fourth-order valence-corrected chi connectivity index (χ4v) is 1.92. The Balaban J connectivity index is 2.61. The second-order valence-corrected chi connectivity index (χ2v) is 5.73. The van der Waals surface area contributed by atoms with Gasteiger partial charge < -0.3 is 5.73 Å². The van der Waals surface area contributed by atoms with Crippen LogP contribution in [0.15, 0.2) is 22.7 Å². The molecule has 6 heteroatoms. The number of anilines is 1. The molecule has 0 aliphatic carbocycles. The first-order chi connectivity index (χ1) is 7.89. The largest absolute Gasteiger partial charge is 0.399 e. The number of hydrogen-bond acceptors (Lipinski definition) is 4. The fraction of sp³-hybridized carbons (Fsp3) is 0.364. The lowest BCUT2D eigenvalue weighted by Crippen LogP contribution is -2.19. The molecule has 0 unspecified atom stereocenters. The Kier molecular flexibility index (Phi) is 2.91. The number of hydrogen-bond donors (Lipinski definition) is 1. The predicted molar refractivity (Wildman–Crippen MR) is 70.0 cm³/mol. The van der Waals surface area contributed by atoms with Crippen LogP contribution in [0.4, 0.5) is 5.69 Å². The van der Waals surface area contributed by atoms with E-state index in [0.29, 0.717) is 5.69 Å². The number of nitrogens with two attached hydrogens (primary N) is 1. The normalized spacial score (nSPS) is 11.8. The maximum absolute atomic E-state index is 5.79. The van der Waals surface area contributed by atoms with E-state index in [9.17, 15) is 0 Å². The second kappa shape index (κ2) is 4.10. The predicted octanol–water partition coefficient (Wildman–Crippen LogP) is 2.30. The van der Waals surface area contributed by atoms with Gasteiger partial charge in [0, 0.05) is 15.6 Å². The van der Waals surface area contributed by atoms with Crippen molar-refractivity contribution in [2.24, 2.45) is 0 Å². The summed E-state index contributed by atoms with van der Waals surface area (Å²) >= 11 is 3.48. The average molecular weight is 296 g/mol. The van der Waals surface area contributed by atoms with E-state index in [-0.39, 0.29) is 5.41 Å². The first kappa shape index (κ1) is 12.0. The summed E-state index contributed by atoms with van der Waals surface area (Å²) < 4.78 is 2.62. The Morgan fingerprint density at radius 3 is 2.65 bits per heavy atom. The molecule has 0 aliphatic heterocycles. The van der Waals surface area contributed by atoms with E-state index in [4.69, 9.17) is 5.73 Å². The Hall–Kier alpha value is -1.43. The van der Waals surface area contributed by atoms with E-state index in [1.165, 1.54) is 0 Å². The maximum atomic E-state index is 5.79. The molecule has 1 heterocycles. The standard InChI is InChI=1S/C11H14BrN5/c1-11(2,3)10-14-15-16-17(10)9-6-7(13)4-5-8(9)12/h4-6H,13H2,1-3H3. The van der Waals surface area contributed by atoms with Crippen molar-refractivity contribution in [3.8, 4) is 5.69 Å². The molecule has 0 aliphatic rings. The van der Waals surface area contributed by atoms with Gasteiger partial charge in [0.25, 0.3) is 0 Å². The lowest BCUT2D eigenvalue weighted by molar-refractivity contribution is 0.525. The molecule has 5 nitrogen and oxygen atoms in total. The van der Waals surface area contributed by atoms with Gasteiger partial charge in [0.05, 0.1) is 5.69 Å². The Morgan fingerprint density at radius 2 is 2.00 bits per heavy atom. The minimum atomic E-state index is -0.131. The number of rotatable bonds is 1. The highest BCUT2D eigenvalue weighted by atomic mass is 79.9. The highest BCUT2D eigenvalue weighted by molar-refractivity contribution is 9.10. The monoisotopic (exact) mass is 295 g/mol. The summed E-state index contributed by atoms with van der Waals surface area (Å²) in [4.78, 5) is 0. The third-order valence-corrected chi connectivity index (χ3v) is 3.01. The number of benzene rings is 1. The molecule has 0 saturated heterocycles. The Bertz CT molecular complexity index is 541. The van der Waals surface area contributed by atoms with Crippen LogP contribution in [0, 0.1) is 0 Å². The molecule has 2 rings (SSSR count). The van der Waals surface area contributed by atoms with Crippen LogP contribution in [0.3, 0.4) is 0 Å². The molecule has 0 spiro atoms. The molecular formula is C11H14BrN5. The molecule has 1 aromatic heterocycles. The lowest BCUT2D eigenvalue weighted by Gasteiger charge is -2.17. The molecule has 90 valence electrons. The molecule has 17 heavy (non-hydrogen) atoms. The molecule has 2 N–H and O–H groups in total. The highest BCUT2D eigenvalue weighted by Gasteiger charge is 2.23. The molecule has 1 aromatic carbocycles. The van der Waals surface area contributed by atoms with Crippen LogP contribution in [-0.2, 0) is 5.41 Å². The van der Waals surface area contributed by atoms with Gasteiger partial charge in [0.2, 0.25) is 0 Å². The maximum Gasteiger partial charge on any atom is 0.162 e. The van der Waals surface area contributed by atoms with Gasteiger partial charge in [0.15, 0.2) is 5.82 Å². The summed E-state index contributed by atoms with van der Waals surface area (Å²) in [6, 6.07) is 5.56. The van der Waals surface area contributed by atoms with Gasteiger partial charge in [-0.25, -0.2) is 0 Å². The van der Waals surface area contributed by atoms with Crippen LogP contribution in [0.5, 0.6) is 0 Å². The van der Waals surface area contributed by atoms with E-state index < -0.39 is 0 Å². The summed E-state index contributed by atoms with van der Waals surface area (Å²) in [6.45, 7) is 6.19. The Labute approximate surface area is 108 Å². The van der Waals surface area contributed by atoms with Gasteiger partial charge in [-0.15, -0.1) is 5.10 Å². The smallest absolute Gasteiger partial charge is 0.162 e. The van der Waals surface area contributed by atoms with Crippen molar-refractivity contribution in [1.82, 2.24) is 20.2 Å². The minimum Gasteiger partial charge on any atom is -0.399 e. The van der Waals surface area contributed by atoms with Crippen molar-refractivity contribution in [3.05, 3.63) is 28.5 Å². The molecule has 0 fully saturated rings. The SMILES string of the molecule is CC(C)(C)c1nnnn1-c1cc(N)ccc1Br. The van der Waals surface area contributed by atoms with Gasteiger partial charge in [-0.3, -0.25) is 0 Å². The van der Waals surface area contributed by atoms with Crippen LogP contribution in [-0.4, -0.2) is 20.2 Å². The van der Waals surface area contributed by atoms with Crippen LogP contribution >= 0.6 is 15.9 Å². The van der Waals surface area contributed by atoms with Crippen LogP contribution in [0.2, 0.25) is 0 Å². The van der Waals surface area contributed by atoms with Gasteiger partial charge in [-0.1, -0.05) is 20.8 Å². The number of halogens is 1. The van der Waals surface area contributed by atoms with Crippen LogP contribution in [0.25, 0.3) is 5.69 Å². The van der Waals surface area contributed by atoms with Crippen molar-refractivity contribution in [2.45, 2.75) is 26.2 Å². The first-order valence-corrected chi connectivity index (χ1v) is 6.03. The Morgan fingerprint density at radius 1 is 1.29 bits per heavy atom. The first-order valence-electron chi connectivity index (χ1n) is 5.24. The number of nitrogens with zero attached hydrogens (tertiary/aromatic N) is 4. The van der Waals surface area contributed by atoms with E-state index in [1.807, 2.05) is 18.2 Å². The zero-order valence-corrected chi connectivity index (χ0v) is 11.6. The van der Waals surface area contributed by atoms with E-state index in [0.717, 1.165) is 16.0 Å². The molecule has 0 bridgehead atoms. The van der Waals surface area contributed by atoms with Crippen LogP contribution in [0.1, 0.15) is 26.6 Å². The second-order valence-electron chi connectivity index (χ2n) is 4.88. The van der Waals surface area contributed by atoms with Crippen molar-refractivity contribution >= 4 is 21.6 Å². The minimum absolute atomic E-state index is 0.131. The van der Waals surface area contributed by atoms with E-state index in [1.54, 1.807) is 4.68 Å². The fourth-order valence-electron chi connectivity index (χ4n) is 1.51. The zero-order chi connectivity index (χ0) is 12.6. The van der Waals surface area contributed by atoms with Crippen molar-refractivity contribution < 1.29 is 0 Å². The lowest BCUT2D eigenvalue weighted by atomic mass is 9.96.